The molecule has 0 aromatic heterocycles. The molecule has 0 bridgehead atoms. The lowest BCUT2D eigenvalue weighted by Gasteiger charge is -2.06. The summed E-state index contributed by atoms with van der Waals surface area (Å²) < 4.78 is 0. The standard InChI is InChI=1S/C21H47N3.C2H4O2/c1-3-5-7-9-11-13-16-22-18-15-19-24-21-20-23-17-14-12-10-8-6-4-2;1-2-4-3/h22-24H,3-21H2,1-2H3;2-3H,1H2. The maximum atomic E-state index is 8.68. The first-order valence-electron chi connectivity index (χ1n) is 12.0. The van der Waals surface area contributed by atoms with Crippen molar-refractivity contribution in [2.45, 2.75) is 97.3 Å². The van der Waals surface area contributed by atoms with Gasteiger partial charge in [0.05, 0.1) is 19.4 Å². The Morgan fingerprint density at radius 2 is 1.11 bits per heavy atom. The monoisotopic (exact) mass is 401 g/mol. The highest BCUT2D eigenvalue weighted by molar-refractivity contribution is 4.50. The van der Waals surface area contributed by atoms with E-state index < -0.39 is 0 Å². The van der Waals surface area contributed by atoms with Crippen LogP contribution in [0.4, 0.5) is 0 Å². The van der Waals surface area contributed by atoms with Crippen LogP contribution in [0.2, 0.25) is 0 Å². The van der Waals surface area contributed by atoms with Crippen molar-refractivity contribution < 1.29 is 15.5 Å². The fraction of sp³-hybridized carbons (Fsp3) is 0.913. The van der Waals surface area contributed by atoms with Crippen molar-refractivity contribution in [3.05, 3.63) is 12.8 Å². The Balaban J connectivity index is 0. The van der Waals surface area contributed by atoms with Crippen molar-refractivity contribution in [1.29, 1.82) is 0 Å². The van der Waals surface area contributed by atoms with Gasteiger partial charge in [-0.15, -0.1) is 0 Å². The molecular weight excluding hydrogens is 350 g/mol. The molecule has 0 saturated carbocycles. The largest absolute Gasteiger partial charge is 0.664 e. The second-order valence-electron chi connectivity index (χ2n) is 7.52. The molecule has 0 rings (SSSR count). The molecule has 0 radical (unpaired) electrons. The van der Waals surface area contributed by atoms with Crippen LogP contribution in [0.25, 0.3) is 0 Å². The van der Waals surface area contributed by atoms with E-state index in [0.29, 0.717) is 0 Å². The van der Waals surface area contributed by atoms with Gasteiger partial charge in [0.1, 0.15) is 0 Å². The number of rotatable bonds is 22. The first kappa shape index (κ1) is 29.6. The van der Waals surface area contributed by atoms with Crippen LogP contribution in [0.3, 0.4) is 0 Å². The van der Waals surface area contributed by atoms with E-state index in [9.17, 15) is 0 Å². The Hall–Kier alpha value is -0.620. The Bertz CT molecular complexity index is 244. The van der Waals surface area contributed by atoms with Gasteiger partial charge >= 0.3 is 0 Å². The second-order valence-corrected chi connectivity index (χ2v) is 7.52. The van der Waals surface area contributed by atoms with Crippen molar-refractivity contribution in [3.63, 3.8) is 0 Å². The van der Waals surface area contributed by atoms with Gasteiger partial charge in [-0.1, -0.05) is 84.6 Å². The molecule has 0 atom stereocenters. The summed E-state index contributed by atoms with van der Waals surface area (Å²) in [5.74, 6) is 0. The van der Waals surface area contributed by atoms with Gasteiger partial charge in [0.25, 0.3) is 0 Å². The third kappa shape index (κ3) is 33.0. The average molecular weight is 402 g/mol. The maximum Gasteiger partial charge on any atom is 0.0882 e. The summed E-state index contributed by atoms with van der Waals surface area (Å²) in [6, 6.07) is 0. The molecule has 0 aliphatic heterocycles. The van der Waals surface area contributed by atoms with Crippen LogP contribution < -0.4 is 21.2 Å². The lowest BCUT2D eigenvalue weighted by atomic mass is 10.1. The van der Waals surface area contributed by atoms with Crippen molar-refractivity contribution in [2.24, 2.45) is 0 Å². The number of nitrogens with one attached hydrogen (secondary N) is 2. The molecule has 4 N–H and O–H groups in total. The highest BCUT2D eigenvalue weighted by atomic mass is 17.1. The van der Waals surface area contributed by atoms with E-state index >= 15 is 0 Å². The molecule has 0 aromatic rings. The molecule has 0 amide bonds. The van der Waals surface area contributed by atoms with Crippen molar-refractivity contribution in [3.8, 4) is 0 Å². The van der Waals surface area contributed by atoms with Gasteiger partial charge in [-0.3, -0.25) is 0 Å². The minimum atomic E-state index is 0.819. The lowest BCUT2D eigenvalue weighted by Crippen LogP contribution is -2.85. The van der Waals surface area contributed by atoms with E-state index in [1.807, 2.05) is 0 Å². The Morgan fingerprint density at radius 3 is 1.61 bits per heavy atom. The van der Waals surface area contributed by atoms with E-state index in [-0.39, 0.29) is 0 Å². The fourth-order valence-corrected chi connectivity index (χ4v) is 3.03. The Morgan fingerprint density at radius 1 is 0.679 bits per heavy atom. The average Bonchev–Trinajstić information content (AvgIpc) is 2.72. The molecule has 170 valence electrons. The van der Waals surface area contributed by atoms with Gasteiger partial charge in [-0.2, -0.15) is 0 Å². The molecule has 0 fully saturated rings. The molecule has 28 heavy (non-hydrogen) atoms. The van der Waals surface area contributed by atoms with Crippen molar-refractivity contribution in [1.82, 2.24) is 10.6 Å². The molecular formula is C23H51N3O2. The minimum Gasteiger partial charge on any atom is -0.664 e. The first-order valence-corrected chi connectivity index (χ1v) is 12.0. The summed E-state index contributed by atoms with van der Waals surface area (Å²) in [5.41, 5.74) is 0. The fourth-order valence-electron chi connectivity index (χ4n) is 3.03. The molecule has 0 saturated heterocycles. The van der Waals surface area contributed by atoms with Crippen molar-refractivity contribution in [2.75, 3.05) is 39.3 Å². The van der Waals surface area contributed by atoms with E-state index in [0.717, 1.165) is 6.26 Å². The van der Waals surface area contributed by atoms with Gasteiger partial charge < -0.3 is 26.1 Å². The number of hydrogen-bond acceptors (Lipinski definition) is 4. The van der Waals surface area contributed by atoms with Gasteiger partial charge in [0, 0.05) is 19.5 Å². The molecule has 0 heterocycles. The highest BCUT2D eigenvalue weighted by Gasteiger charge is 1.94. The van der Waals surface area contributed by atoms with Crippen LogP contribution in [0.5, 0.6) is 0 Å². The van der Waals surface area contributed by atoms with Crippen LogP contribution >= 0.6 is 0 Å². The van der Waals surface area contributed by atoms with Crippen LogP contribution in [0.15, 0.2) is 12.8 Å². The quantitative estimate of drug-likeness (QED) is 0.113. The zero-order valence-corrected chi connectivity index (χ0v) is 19.1. The summed E-state index contributed by atoms with van der Waals surface area (Å²) in [7, 11) is 0. The zero-order valence-electron chi connectivity index (χ0n) is 19.1. The molecule has 0 aliphatic carbocycles. The normalized spacial score (nSPS) is 10.4. The third-order valence-electron chi connectivity index (χ3n) is 4.77. The number of nitrogens with two attached hydrogens (primary N) is 1. The highest BCUT2D eigenvalue weighted by Crippen LogP contribution is 2.04. The summed E-state index contributed by atoms with van der Waals surface area (Å²) >= 11 is 0. The van der Waals surface area contributed by atoms with Gasteiger partial charge in [0.2, 0.25) is 0 Å². The number of unbranched alkanes of at least 4 members (excludes halogenated alkanes) is 10. The summed E-state index contributed by atoms with van der Waals surface area (Å²) in [6.07, 6.45) is 18.9. The second kappa shape index (κ2) is 31.1. The topological polar surface area (TPSA) is 73.0 Å². The third-order valence-corrected chi connectivity index (χ3v) is 4.77. The predicted molar refractivity (Wildman–Crippen MR) is 120 cm³/mol. The molecule has 5 heteroatoms. The molecule has 0 spiro atoms. The molecule has 0 unspecified atom stereocenters. The minimum absolute atomic E-state index is 0.819. The first-order chi connectivity index (χ1) is 13.8. The zero-order chi connectivity index (χ0) is 21.0. The van der Waals surface area contributed by atoms with Crippen molar-refractivity contribution >= 4 is 0 Å². The van der Waals surface area contributed by atoms with Gasteiger partial charge in [-0.05, 0) is 25.9 Å². The molecule has 5 nitrogen and oxygen atoms in total. The predicted octanol–water partition coefficient (Wildman–Crippen LogP) is 3.26. The molecule has 0 aromatic carbocycles. The SMILES string of the molecule is C=CO[O-].CCCCCCCCNCCC[NH2+]CCNCCCCCCCC. The van der Waals surface area contributed by atoms with E-state index in [1.54, 1.807) is 0 Å². The molecule has 0 aliphatic rings. The van der Waals surface area contributed by atoms with Crippen LogP contribution in [0, 0.1) is 0 Å². The summed E-state index contributed by atoms with van der Waals surface area (Å²) in [4.78, 5) is 3.06. The van der Waals surface area contributed by atoms with E-state index in [4.69, 9.17) is 5.26 Å². The van der Waals surface area contributed by atoms with Crippen LogP contribution in [-0.4, -0.2) is 39.3 Å². The van der Waals surface area contributed by atoms with E-state index in [2.05, 4.69) is 41.3 Å². The van der Waals surface area contributed by atoms with Gasteiger partial charge in [-0.25, -0.2) is 0 Å². The maximum absolute atomic E-state index is 8.68. The summed E-state index contributed by atoms with van der Waals surface area (Å²) in [6.45, 7) is 14.8. The number of hydrogen-bond donors (Lipinski definition) is 3. The smallest absolute Gasteiger partial charge is 0.0882 e. The van der Waals surface area contributed by atoms with E-state index in [1.165, 1.54) is 123 Å². The van der Waals surface area contributed by atoms with Crippen LogP contribution in [-0.2, 0) is 4.89 Å². The Labute approximate surface area is 176 Å². The lowest BCUT2D eigenvalue weighted by molar-refractivity contribution is -0.665. The number of quaternary nitrogens is 1. The van der Waals surface area contributed by atoms with Gasteiger partial charge in [0.15, 0.2) is 0 Å². The Kier molecular flexibility index (Phi) is 32.8. The summed E-state index contributed by atoms with van der Waals surface area (Å²) in [5, 5.41) is 18.3. The van der Waals surface area contributed by atoms with Crippen LogP contribution in [0.1, 0.15) is 97.3 Å².